The number of hydrogen-bond donors (Lipinski definition) is 1. The van der Waals surface area contributed by atoms with Crippen LogP contribution in [0.3, 0.4) is 0 Å². The van der Waals surface area contributed by atoms with Crippen LogP contribution in [0.5, 0.6) is 0 Å². The molecule has 0 saturated carbocycles. The molecule has 2 aromatic carbocycles. The van der Waals surface area contributed by atoms with Crippen LogP contribution in [0.25, 0.3) is 0 Å². The minimum Gasteiger partial charge on any atom is -0.466 e. The van der Waals surface area contributed by atoms with Crippen molar-refractivity contribution in [3.05, 3.63) is 69.7 Å². The third-order valence-corrected chi connectivity index (χ3v) is 4.13. The molecule has 0 aliphatic carbocycles. The Bertz CT molecular complexity index is 787. The van der Waals surface area contributed by atoms with Crippen LogP contribution < -0.4 is 5.32 Å². The number of carbonyl (C=O) groups is 3. The van der Waals surface area contributed by atoms with Gasteiger partial charge in [-0.2, -0.15) is 0 Å². The quantitative estimate of drug-likeness (QED) is 0.524. The number of benzene rings is 2. The molecular formula is C20H20BrNO4. The van der Waals surface area contributed by atoms with Crippen LogP contribution in [0.15, 0.2) is 53.0 Å². The van der Waals surface area contributed by atoms with Crippen molar-refractivity contribution >= 4 is 33.6 Å². The number of rotatable bonds is 8. The Kier molecular flexibility index (Phi) is 7.53. The van der Waals surface area contributed by atoms with Crippen LogP contribution in [0.2, 0.25) is 0 Å². The number of carbonyl (C=O) groups excluding carboxylic acids is 3. The Balaban J connectivity index is 2.05. The van der Waals surface area contributed by atoms with E-state index >= 15 is 0 Å². The van der Waals surface area contributed by atoms with E-state index in [1.807, 2.05) is 6.92 Å². The summed E-state index contributed by atoms with van der Waals surface area (Å²) >= 11 is 3.33. The van der Waals surface area contributed by atoms with Gasteiger partial charge in [-0.05, 0) is 36.8 Å². The van der Waals surface area contributed by atoms with E-state index < -0.39 is 5.91 Å². The standard InChI is InChI=1S/C20H20BrNO4/c1-2-13-26-18(23)11-12-22-20(25)17-6-4-3-5-16(17)19(24)14-7-9-15(21)10-8-14/h3-10H,2,11-13H2,1H3,(H,22,25). The van der Waals surface area contributed by atoms with E-state index in [0.717, 1.165) is 10.9 Å². The topological polar surface area (TPSA) is 72.5 Å². The van der Waals surface area contributed by atoms with Crippen molar-refractivity contribution in [1.82, 2.24) is 5.32 Å². The number of amides is 1. The van der Waals surface area contributed by atoms with Crippen LogP contribution in [-0.4, -0.2) is 30.8 Å². The predicted octanol–water partition coefficient (Wildman–Crippen LogP) is 3.75. The molecule has 0 bridgehead atoms. The van der Waals surface area contributed by atoms with Gasteiger partial charge in [0.2, 0.25) is 0 Å². The molecule has 0 radical (unpaired) electrons. The Morgan fingerprint density at radius 1 is 1.00 bits per heavy atom. The van der Waals surface area contributed by atoms with Crippen LogP contribution in [-0.2, 0) is 9.53 Å². The zero-order valence-electron chi connectivity index (χ0n) is 14.5. The first kappa shape index (κ1) is 19.8. The van der Waals surface area contributed by atoms with E-state index in [1.165, 1.54) is 0 Å². The van der Waals surface area contributed by atoms with Gasteiger partial charge in [0.05, 0.1) is 18.6 Å². The molecule has 0 heterocycles. The largest absolute Gasteiger partial charge is 0.466 e. The number of nitrogens with one attached hydrogen (secondary N) is 1. The molecule has 1 amide bonds. The molecule has 26 heavy (non-hydrogen) atoms. The molecule has 0 saturated heterocycles. The number of hydrogen-bond acceptors (Lipinski definition) is 4. The van der Waals surface area contributed by atoms with E-state index in [9.17, 15) is 14.4 Å². The molecule has 2 aromatic rings. The SMILES string of the molecule is CCCOC(=O)CCNC(=O)c1ccccc1C(=O)c1ccc(Br)cc1. The smallest absolute Gasteiger partial charge is 0.307 e. The molecule has 0 aromatic heterocycles. The van der Waals surface area contributed by atoms with Crippen molar-refractivity contribution in [2.24, 2.45) is 0 Å². The normalized spacial score (nSPS) is 10.2. The number of esters is 1. The van der Waals surface area contributed by atoms with E-state index in [4.69, 9.17) is 4.74 Å². The Hall–Kier alpha value is -2.47. The lowest BCUT2D eigenvalue weighted by atomic mass is 9.98. The Morgan fingerprint density at radius 2 is 1.65 bits per heavy atom. The lowest BCUT2D eigenvalue weighted by Gasteiger charge is -2.10. The lowest BCUT2D eigenvalue weighted by molar-refractivity contribution is -0.143. The zero-order chi connectivity index (χ0) is 18.9. The van der Waals surface area contributed by atoms with Gasteiger partial charge in [0.25, 0.3) is 5.91 Å². The Morgan fingerprint density at radius 3 is 2.31 bits per heavy atom. The lowest BCUT2D eigenvalue weighted by Crippen LogP contribution is -2.28. The summed E-state index contributed by atoms with van der Waals surface area (Å²) in [6.07, 6.45) is 0.845. The number of ketones is 1. The first-order valence-electron chi connectivity index (χ1n) is 8.36. The van der Waals surface area contributed by atoms with Crippen LogP contribution in [0, 0.1) is 0 Å². The Labute approximate surface area is 160 Å². The molecule has 0 aliphatic rings. The van der Waals surface area contributed by atoms with Gasteiger partial charge in [-0.3, -0.25) is 14.4 Å². The summed E-state index contributed by atoms with van der Waals surface area (Å²) < 4.78 is 5.83. The third kappa shape index (κ3) is 5.52. The molecule has 136 valence electrons. The molecule has 0 atom stereocenters. The van der Waals surface area contributed by atoms with Gasteiger partial charge in [0.1, 0.15) is 0 Å². The second-order valence-corrected chi connectivity index (χ2v) is 6.52. The summed E-state index contributed by atoms with van der Waals surface area (Å²) in [5.74, 6) is -0.980. The summed E-state index contributed by atoms with van der Waals surface area (Å²) in [5, 5.41) is 2.66. The second-order valence-electron chi connectivity index (χ2n) is 5.61. The molecule has 2 rings (SSSR count). The maximum Gasteiger partial charge on any atom is 0.307 e. The first-order valence-corrected chi connectivity index (χ1v) is 9.15. The average molecular weight is 418 g/mol. The molecule has 1 N–H and O–H groups in total. The van der Waals surface area contributed by atoms with Gasteiger partial charge in [0, 0.05) is 22.1 Å². The number of halogens is 1. The highest BCUT2D eigenvalue weighted by atomic mass is 79.9. The molecule has 0 aliphatic heterocycles. The van der Waals surface area contributed by atoms with Gasteiger partial charge in [-0.15, -0.1) is 0 Å². The summed E-state index contributed by atoms with van der Waals surface area (Å²) in [6, 6.07) is 13.6. The molecule has 0 spiro atoms. The minimum absolute atomic E-state index is 0.0918. The van der Waals surface area contributed by atoms with Crippen molar-refractivity contribution in [2.45, 2.75) is 19.8 Å². The van der Waals surface area contributed by atoms with Crippen LogP contribution in [0.1, 0.15) is 46.0 Å². The molecule has 6 heteroatoms. The minimum atomic E-state index is -0.394. The second kappa shape index (κ2) is 9.87. The fraction of sp³-hybridized carbons (Fsp3) is 0.250. The molecule has 0 fully saturated rings. The van der Waals surface area contributed by atoms with Gasteiger partial charge >= 0.3 is 5.97 Å². The van der Waals surface area contributed by atoms with E-state index in [0.29, 0.717) is 17.7 Å². The van der Waals surface area contributed by atoms with Crippen LogP contribution in [0.4, 0.5) is 0 Å². The fourth-order valence-electron chi connectivity index (χ4n) is 2.30. The summed E-state index contributed by atoms with van der Waals surface area (Å²) in [7, 11) is 0. The van der Waals surface area contributed by atoms with Gasteiger partial charge in [-0.25, -0.2) is 0 Å². The molecule has 5 nitrogen and oxygen atoms in total. The van der Waals surface area contributed by atoms with Crippen molar-refractivity contribution in [3.8, 4) is 0 Å². The van der Waals surface area contributed by atoms with Crippen molar-refractivity contribution < 1.29 is 19.1 Å². The summed E-state index contributed by atoms with van der Waals surface area (Å²) in [4.78, 5) is 36.6. The summed E-state index contributed by atoms with van der Waals surface area (Å²) in [6.45, 7) is 2.44. The average Bonchev–Trinajstić information content (AvgIpc) is 2.66. The van der Waals surface area contributed by atoms with Crippen molar-refractivity contribution in [3.63, 3.8) is 0 Å². The maximum atomic E-state index is 12.7. The van der Waals surface area contributed by atoms with E-state index in [1.54, 1.807) is 48.5 Å². The highest BCUT2D eigenvalue weighted by molar-refractivity contribution is 9.10. The first-order chi connectivity index (χ1) is 12.5. The number of ether oxygens (including phenoxy) is 1. The van der Waals surface area contributed by atoms with Gasteiger partial charge in [-0.1, -0.05) is 41.1 Å². The highest BCUT2D eigenvalue weighted by Gasteiger charge is 2.18. The third-order valence-electron chi connectivity index (χ3n) is 3.60. The van der Waals surface area contributed by atoms with Crippen LogP contribution >= 0.6 is 15.9 Å². The highest BCUT2D eigenvalue weighted by Crippen LogP contribution is 2.17. The fourth-order valence-corrected chi connectivity index (χ4v) is 2.56. The van der Waals surface area contributed by atoms with Crippen molar-refractivity contribution in [1.29, 1.82) is 0 Å². The maximum absolute atomic E-state index is 12.7. The zero-order valence-corrected chi connectivity index (χ0v) is 16.0. The van der Waals surface area contributed by atoms with Crippen molar-refractivity contribution in [2.75, 3.05) is 13.2 Å². The molecule has 0 unspecified atom stereocenters. The van der Waals surface area contributed by atoms with E-state index in [2.05, 4.69) is 21.2 Å². The summed E-state index contributed by atoms with van der Waals surface area (Å²) in [5.41, 5.74) is 1.10. The molecular weight excluding hydrogens is 398 g/mol. The van der Waals surface area contributed by atoms with Gasteiger partial charge in [0.15, 0.2) is 5.78 Å². The monoisotopic (exact) mass is 417 g/mol. The van der Waals surface area contributed by atoms with E-state index in [-0.39, 0.29) is 30.3 Å². The predicted molar refractivity (Wildman–Crippen MR) is 102 cm³/mol. The van der Waals surface area contributed by atoms with Gasteiger partial charge < -0.3 is 10.1 Å².